The minimum absolute atomic E-state index is 0.0407. The van der Waals surface area contributed by atoms with Crippen LogP contribution in [0.25, 0.3) is 0 Å². The number of hydrogen-bond acceptors (Lipinski definition) is 6. The highest BCUT2D eigenvalue weighted by molar-refractivity contribution is 6.06. The molecule has 3 amide bonds. The van der Waals surface area contributed by atoms with Gasteiger partial charge in [-0.1, -0.05) is 0 Å². The molecular weight excluding hydrogens is 338 g/mol. The van der Waals surface area contributed by atoms with Gasteiger partial charge in [-0.25, -0.2) is 0 Å². The summed E-state index contributed by atoms with van der Waals surface area (Å²) < 4.78 is 10.8. The second kappa shape index (κ2) is 6.28. The van der Waals surface area contributed by atoms with Crippen molar-refractivity contribution in [1.29, 1.82) is 0 Å². The largest absolute Gasteiger partial charge is 0.495 e. The van der Waals surface area contributed by atoms with E-state index in [1.807, 2.05) is 0 Å². The average Bonchev–Trinajstić information content (AvgIpc) is 3.28. The van der Waals surface area contributed by atoms with Crippen LogP contribution in [-0.2, 0) is 19.1 Å². The molecule has 4 unspecified atom stereocenters. The van der Waals surface area contributed by atoms with Crippen molar-refractivity contribution in [3.63, 3.8) is 0 Å². The second-order valence-corrected chi connectivity index (χ2v) is 6.92. The van der Waals surface area contributed by atoms with Gasteiger partial charge < -0.3 is 20.5 Å². The van der Waals surface area contributed by atoms with E-state index in [4.69, 9.17) is 15.2 Å². The molecule has 4 rings (SSSR count). The third-order valence-corrected chi connectivity index (χ3v) is 5.45. The van der Waals surface area contributed by atoms with E-state index in [1.54, 1.807) is 18.2 Å². The number of carbonyl (C=O) groups is 3. The number of nitrogens with zero attached hydrogens (tertiary/aromatic N) is 1. The van der Waals surface area contributed by atoms with Crippen LogP contribution in [0.2, 0.25) is 0 Å². The molecule has 3 aliphatic rings. The fraction of sp³-hybridized carbons (Fsp3) is 0.500. The van der Waals surface area contributed by atoms with Crippen molar-refractivity contribution in [1.82, 2.24) is 4.90 Å². The molecule has 0 aromatic heterocycles. The zero-order valence-corrected chi connectivity index (χ0v) is 14.4. The zero-order chi connectivity index (χ0) is 18.4. The monoisotopic (exact) mass is 359 g/mol. The number of methoxy groups -OCH3 is 1. The molecule has 8 nitrogen and oxygen atoms in total. The highest BCUT2D eigenvalue weighted by Crippen LogP contribution is 2.48. The van der Waals surface area contributed by atoms with Gasteiger partial charge in [0, 0.05) is 18.7 Å². The van der Waals surface area contributed by atoms with Crippen molar-refractivity contribution >= 4 is 29.1 Å². The molecule has 0 aliphatic carbocycles. The first-order chi connectivity index (χ1) is 12.5. The van der Waals surface area contributed by atoms with Crippen molar-refractivity contribution in [3.8, 4) is 5.75 Å². The van der Waals surface area contributed by atoms with Crippen LogP contribution in [0.1, 0.15) is 19.3 Å². The lowest BCUT2D eigenvalue weighted by molar-refractivity contribution is -0.142. The van der Waals surface area contributed by atoms with Crippen LogP contribution in [-0.4, -0.2) is 48.5 Å². The number of fused-ring (bicyclic) bond motifs is 5. The lowest BCUT2D eigenvalue weighted by Crippen LogP contribution is -2.36. The zero-order valence-electron chi connectivity index (χ0n) is 14.4. The van der Waals surface area contributed by atoms with Crippen molar-refractivity contribution in [2.45, 2.75) is 31.5 Å². The number of nitrogens with two attached hydrogens (primary N) is 1. The van der Waals surface area contributed by atoms with E-state index in [1.165, 1.54) is 12.0 Å². The molecule has 3 aliphatic heterocycles. The molecule has 8 heteroatoms. The lowest BCUT2D eigenvalue weighted by Gasteiger charge is -2.17. The van der Waals surface area contributed by atoms with Gasteiger partial charge in [-0.3, -0.25) is 19.3 Å². The van der Waals surface area contributed by atoms with Crippen molar-refractivity contribution in [2.24, 2.45) is 11.8 Å². The number of nitrogens with one attached hydrogen (secondary N) is 1. The molecule has 3 saturated heterocycles. The van der Waals surface area contributed by atoms with E-state index in [0.29, 0.717) is 17.1 Å². The van der Waals surface area contributed by atoms with E-state index < -0.39 is 0 Å². The molecule has 0 saturated carbocycles. The Balaban J connectivity index is 1.35. The van der Waals surface area contributed by atoms with Crippen molar-refractivity contribution < 1.29 is 23.9 Å². The summed E-state index contributed by atoms with van der Waals surface area (Å²) in [6.45, 7) is 0.0849. The fourth-order valence-corrected chi connectivity index (χ4v) is 4.24. The number of imide groups is 1. The maximum atomic E-state index is 12.5. The molecule has 0 radical (unpaired) electrons. The molecule has 138 valence electrons. The smallest absolute Gasteiger partial charge is 0.235 e. The quantitative estimate of drug-likeness (QED) is 0.593. The van der Waals surface area contributed by atoms with Gasteiger partial charge in [0.15, 0.2) is 0 Å². The van der Waals surface area contributed by atoms with Gasteiger partial charge in [0.1, 0.15) is 5.75 Å². The summed E-state index contributed by atoms with van der Waals surface area (Å²) in [5.74, 6) is -0.870. The maximum Gasteiger partial charge on any atom is 0.235 e. The van der Waals surface area contributed by atoms with Gasteiger partial charge in [-0.15, -0.1) is 0 Å². The standard InChI is InChI=1S/C18H21N3O5/c1-25-11-3-2-9(8-10(11)19)20-14(22)6-7-21-17(23)15-12-4-5-13(26-12)16(15)18(21)24/h2-3,8,12-13,15-16H,4-7,19H2,1H3,(H,20,22). The van der Waals surface area contributed by atoms with E-state index in [-0.39, 0.29) is 54.7 Å². The highest BCUT2D eigenvalue weighted by Gasteiger charge is 2.62. The van der Waals surface area contributed by atoms with Gasteiger partial charge in [-0.05, 0) is 31.0 Å². The van der Waals surface area contributed by atoms with Gasteiger partial charge >= 0.3 is 0 Å². The Kier molecular flexibility index (Phi) is 4.07. The number of nitrogen functional groups attached to an aromatic ring is 1. The van der Waals surface area contributed by atoms with E-state index >= 15 is 0 Å². The maximum absolute atomic E-state index is 12.5. The summed E-state index contributed by atoms with van der Waals surface area (Å²) in [4.78, 5) is 38.5. The number of likely N-dealkylation sites (tertiary alicyclic amines) is 1. The van der Waals surface area contributed by atoms with Crippen molar-refractivity contribution in [3.05, 3.63) is 18.2 Å². The molecule has 3 heterocycles. The SMILES string of the molecule is COc1ccc(NC(=O)CCN2C(=O)C3C4CCC(O4)C3C2=O)cc1N. The number of carbonyl (C=O) groups excluding carboxylic acids is 3. The van der Waals surface area contributed by atoms with Gasteiger partial charge in [-0.2, -0.15) is 0 Å². The summed E-state index contributed by atoms with van der Waals surface area (Å²) in [6.07, 6.45) is 1.43. The average molecular weight is 359 g/mol. The van der Waals surface area contributed by atoms with Crippen LogP contribution in [0, 0.1) is 11.8 Å². The first kappa shape index (κ1) is 16.8. The minimum Gasteiger partial charge on any atom is -0.495 e. The van der Waals surface area contributed by atoms with Crippen LogP contribution in [0.4, 0.5) is 11.4 Å². The van der Waals surface area contributed by atoms with Crippen LogP contribution < -0.4 is 15.8 Å². The summed E-state index contributed by atoms with van der Waals surface area (Å²) >= 11 is 0. The highest BCUT2D eigenvalue weighted by atomic mass is 16.5. The van der Waals surface area contributed by atoms with Crippen LogP contribution in [0.3, 0.4) is 0 Å². The molecule has 2 bridgehead atoms. The predicted octanol–water partition coefficient (Wildman–Crippen LogP) is 0.768. The van der Waals surface area contributed by atoms with Gasteiger partial charge in [0.25, 0.3) is 0 Å². The number of ether oxygens (including phenoxy) is 2. The van der Waals surface area contributed by atoms with Crippen LogP contribution >= 0.6 is 0 Å². The van der Waals surface area contributed by atoms with E-state index in [2.05, 4.69) is 5.32 Å². The summed E-state index contributed by atoms with van der Waals surface area (Å²) in [5, 5.41) is 2.72. The number of rotatable bonds is 5. The van der Waals surface area contributed by atoms with Gasteiger partial charge in [0.2, 0.25) is 17.7 Å². The first-order valence-electron chi connectivity index (χ1n) is 8.73. The Morgan fingerprint density at radius 3 is 2.50 bits per heavy atom. The van der Waals surface area contributed by atoms with Crippen LogP contribution in [0.5, 0.6) is 5.75 Å². The molecule has 26 heavy (non-hydrogen) atoms. The molecule has 1 aromatic rings. The summed E-state index contributed by atoms with van der Waals surface area (Å²) in [7, 11) is 1.51. The molecule has 3 fully saturated rings. The van der Waals surface area contributed by atoms with Crippen molar-refractivity contribution in [2.75, 3.05) is 24.7 Å². The minimum atomic E-state index is -0.356. The van der Waals surface area contributed by atoms with E-state index in [0.717, 1.165) is 12.8 Å². The third-order valence-electron chi connectivity index (χ3n) is 5.45. The normalized spacial score (nSPS) is 29.2. The first-order valence-corrected chi connectivity index (χ1v) is 8.73. The topological polar surface area (TPSA) is 111 Å². The Bertz CT molecular complexity index is 752. The third kappa shape index (κ3) is 2.61. The Morgan fingerprint density at radius 1 is 1.27 bits per heavy atom. The fourth-order valence-electron chi connectivity index (χ4n) is 4.24. The molecule has 0 spiro atoms. The lowest BCUT2D eigenvalue weighted by atomic mass is 9.81. The molecular formula is C18H21N3O5. The number of hydrogen-bond donors (Lipinski definition) is 2. The predicted molar refractivity (Wildman–Crippen MR) is 92.2 cm³/mol. The van der Waals surface area contributed by atoms with E-state index in [9.17, 15) is 14.4 Å². The second-order valence-electron chi connectivity index (χ2n) is 6.92. The number of anilines is 2. The Hall–Kier alpha value is -2.61. The molecule has 1 aromatic carbocycles. The van der Waals surface area contributed by atoms with Crippen LogP contribution in [0.15, 0.2) is 18.2 Å². The summed E-state index contributed by atoms with van der Waals surface area (Å²) in [5.41, 5.74) is 6.77. The Morgan fingerprint density at radius 2 is 1.92 bits per heavy atom. The number of benzene rings is 1. The Labute approximate surface area is 150 Å². The summed E-state index contributed by atoms with van der Waals surface area (Å²) in [6, 6.07) is 4.94. The van der Waals surface area contributed by atoms with Gasteiger partial charge in [0.05, 0.1) is 36.8 Å². The molecule has 4 atom stereocenters. The number of amides is 3. The molecule has 3 N–H and O–H groups in total.